The Labute approximate surface area is 127 Å². The van der Waals surface area contributed by atoms with Crippen LogP contribution in [0.1, 0.15) is 36.8 Å². The van der Waals surface area contributed by atoms with Gasteiger partial charge < -0.3 is 10.8 Å². The summed E-state index contributed by atoms with van der Waals surface area (Å²) in [7, 11) is 1.63. The van der Waals surface area contributed by atoms with E-state index in [4.69, 9.17) is 10.8 Å². The average Bonchev–Trinajstić information content (AvgIpc) is 2.99. The van der Waals surface area contributed by atoms with Gasteiger partial charge in [0.15, 0.2) is 17.3 Å². The van der Waals surface area contributed by atoms with Crippen LogP contribution in [0.2, 0.25) is 0 Å². The SMILES string of the molecule is Cn1ncc(C(=O)CO)c1/N=N/c1c(C(C)(C)C)n[nH]c1N. The van der Waals surface area contributed by atoms with Crippen LogP contribution in [0.25, 0.3) is 0 Å². The Balaban J connectivity index is 2.45. The number of aliphatic hydroxyl groups is 1. The van der Waals surface area contributed by atoms with Crippen LogP contribution >= 0.6 is 0 Å². The van der Waals surface area contributed by atoms with E-state index in [9.17, 15) is 4.79 Å². The Bertz CT molecular complexity index is 721. The fourth-order valence-corrected chi connectivity index (χ4v) is 1.90. The number of nitrogens with two attached hydrogens (primary N) is 1. The van der Waals surface area contributed by atoms with Crippen LogP contribution in [0, 0.1) is 0 Å². The van der Waals surface area contributed by atoms with E-state index in [1.807, 2.05) is 20.8 Å². The number of nitrogens with one attached hydrogen (secondary N) is 1. The molecule has 0 radical (unpaired) electrons. The molecule has 2 heterocycles. The zero-order valence-electron chi connectivity index (χ0n) is 13.0. The predicted molar refractivity (Wildman–Crippen MR) is 80.5 cm³/mol. The molecular formula is C13H19N7O2. The molecule has 2 aromatic heterocycles. The number of anilines is 1. The number of Topliss-reactive ketones (excluding diaryl/α,β-unsaturated/α-hetero) is 1. The standard InChI is InChI=1S/C13H19N7O2/c1-13(2,3)10-9(11(14)18-17-10)16-19-12-7(8(22)6-21)5-15-20(12)4/h5,21H,6H2,1-4H3,(H3,14,17,18)/b19-16+. The molecule has 2 rings (SSSR count). The molecule has 0 saturated heterocycles. The largest absolute Gasteiger partial charge is 0.388 e. The molecule has 2 aromatic rings. The summed E-state index contributed by atoms with van der Waals surface area (Å²) in [5, 5.41) is 28.0. The molecule has 0 unspecified atom stereocenters. The second-order valence-electron chi connectivity index (χ2n) is 5.87. The maximum atomic E-state index is 11.7. The minimum Gasteiger partial charge on any atom is -0.388 e. The number of rotatable bonds is 4. The van der Waals surface area contributed by atoms with Crippen LogP contribution in [0.3, 0.4) is 0 Å². The lowest BCUT2D eigenvalue weighted by Crippen LogP contribution is -2.11. The lowest BCUT2D eigenvalue weighted by Gasteiger charge is -2.15. The van der Waals surface area contributed by atoms with Gasteiger partial charge in [0.2, 0.25) is 0 Å². The van der Waals surface area contributed by atoms with Crippen LogP contribution in [0.15, 0.2) is 16.4 Å². The lowest BCUT2D eigenvalue weighted by molar-refractivity contribution is 0.0904. The maximum absolute atomic E-state index is 11.7. The molecule has 4 N–H and O–H groups in total. The van der Waals surface area contributed by atoms with Crippen LogP contribution < -0.4 is 5.73 Å². The number of aryl methyl sites for hydroxylation is 1. The number of azo groups is 1. The third-order valence-electron chi connectivity index (χ3n) is 3.07. The first-order valence-electron chi connectivity index (χ1n) is 6.67. The zero-order chi connectivity index (χ0) is 16.5. The van der Waals surface area contributed by atoms with Gasteiger partial charge in [-0.15, -0.1) is 10.2 Å². The van der Waals surface area contributed by atoms with E-state index in [-0.39, 0.29) is 16.8 Å². The number of carbonyl (C=O) groups excluding carboxylic acids is 1. The van der Waals surface area contributed by atoms with Crippen molar-refractivity contribution in [3.63, 3.8) is 0 Å². The molecule has 0 fully saturated rings. The number of aliphatic hydroxyl groups excluding tert-OH is 1. The molecule has 0 aliphatic heterocycles. The summed E-state index contributed by atoms with van der Waals surface area (Å²) in [5.74, 6) is 0.0728. The van der Waals surface area contributed by atoms with E-state index in [1.165, 1.54) is 10.9 Å². The van der Waals surface area contributed by atoms with E-state index in [2.05, 4.69) is 25.5 Å². The maximum Gasteiger partial charge on any atom is 0.193 e. The Morgan fingerprint density at radius 2 is 2.14 bits per heavy atom. The van der Waals surface area contributed by atoms with Crippen LogP contribution in [-0.4, -0.2) is 37.5 Å². The molecule has 0 aromatic carbocycles. The summed E-state index contributed by atoms with van der Waals surface area (Å²) < 4.78 is 1.40. The number of hydrogen-bond donors (Lipinski definition) is 3. The molecule has 0 saturated carbocycles. The van der Waals surface area contributed by atoms with Crippen molar-refractivity contribution in [3.8, 4) is 0 Å². The summed E-state index contributed by atoms with van der Waals surface area (Å²) in [5.41, 5.74) is 6.87. The van der Waals surface area contributed by atoms with Gasteiger partial charge in [0.05, 0.1) is 17.5 Å². The average molecular weight is 305 g/mol. The van der Waals surface area contributed by atoms with Gasteiger partial charge in [-0.05, 0) is 0 Å². The molecule has 0 aliphatic carbocycles. The monoisotopic (exact) mass is 305 g/mol. The zero-order valence-corrected chi connectivity index (χ0v) is 13.0. The summed E-state index contributed by atoms with van der Waals surface area (Å²) in [6.45, 7) is 5.32. The first-order valence-corrected chi connectivity index (χ1v) is 6.67. The number of H-pyrrole nitrogens is 1. The van der Waals surface area contributed by atoms with E-state index in [0.717, 1.165) is 0 Å². The van der Waals surface area contributed by atoms with E-state index >= 15 is 0 Å². The minimum absolute atomic E-state index is 0.202. The van der Waals surface area contributed by atoms with Gasteiger partial charge in [0, 0.05) is 12.5 Å². The van der Waals surface area contributed by atoms with Gasteiger partial charge in [-0.25, -0.2) is 4.68 Å². The lowest BCUT2D eigenvalue weighted by atomic mass is 9.91. The van der Waals surface area contributed by atoms with Crippen molar-refractivity contribution in [2.45, 2.75) is 26.2 Å². The molecule has 22 heavy (non-hydrogen) atoms. The predicted octanol–water partition coefficient (Wildman–Crippen LogP) is 1.61. The first-order chi connectivity index (χ1) is 10.3. The van der Waals surface area contributed by atoms with Crippen LogP contribution in [0.4, 0.5) is 17.3 Å². The molecule has 0 spiro atoms. The number of ketones is 1. The number of nitrogen functional groups attached to an aromatic ring is 1. The van der Waals surface area contributed by atoms with Gasteiger partial charge in [-0.1, -0.05) is 20.8 Å². The number of aromatic nitrogens is 4. The normalized spacial score (nSPS) is 12.2. The van der Waals surface area contributed by atoms with E-state index < -0.39 is 12.4 Å². The van der Waals surface area contributed by atoms with Gasteiger partial charge in [0.1, 0.15) is 12.4 Å². The molecule has 0 amide bonds. The third kappa shape index (κ3) is 2.89. The molecule has 0 atom stereocenters. The highest BCUT2D eigenvalue weighted by molar-refractivity contribution is 6.00. The fraction of sp³-hybridized carbons (Fsp3) is 0.462. The summed E-state index contributed by atoms with van der Waals surface area (Å²) in [6, 6.07) is 0. The number of aromatic amines is 1. The molecule has 9 nitrogen and oxygen atoms in total. The molecule has 0 bridgehead atoms. The highest BCUT2D eigenvalue weighted by atomic mass is 16.3. The smallest absolute Gasteiger partial charge is 0.193 e. The Morgan fingerprint density at radius 3 is 2.73 bits per heavy atom. The van der Waals surface area contributed by atoms with Gasteiger partial charge >= 0.3 is 0 Å². The second kappa shape index (κ2) is 5.68. The number of carbonyl (C=O) groups is 1. The summed E-state index contributed by atoms with van der Waals surface area (Å²) >= 11 is 0. The molecule has 9 heteroatoms. The van der Waals surface area contributed by atoms with Crippen molar-refractivity contribution in [2.24, 2.45) is 17.3 Å². The Kier molecular flexibility index (Phi) is 4.09. The highest BCUT2D eigenvalue weighted by Gasteiger charge is 2.24. The summed E-state index contributed by atoms with van der Waals surface area (Å²) in [4.78, 5) is 11.7. The van der Waals surface area contributed by atoms with Crippen LogP contribution in [-0.2, 0) is 12.5 Å². The number of hydrogen-bond acceptors (Lipinski definition) is 7. The van der Waals surface area contributed by atoms with Gasteiger partial charge in [-0.2, -0.15) is 10.2 Å². The quantitative estimate of drug-likeness (QED) is 0.582. The highest BCUT2D eigenvalue weighted by Crippen LogP contribution is 2.35. The van der Waals surface area contributed by atoms with Crippen LogP contribution in [0.5, 0.6) is 0 Å². The van der Waals surface area contributed by atoms with Crippen molar-refractivity contribution < 1.29 is 9.90 Å². The van der Waals surface area contributed by atoms with Crippen molar-refractivity contribution in [1.29, 1.82) is 0 Å². The topological polar surface area (TPSA) is 135 Å². The van der Waals surface area contributed by atoms with Crippen molar-refractivity contribution in [1.82, 2.24) is 20.0 Å². The van der Waals surface area contributed by atoms with E-state index in [0.29, 0.717) is 17.2 Å². The van der Waals surface area contributed by atoms with Gasteiger partial charge in [-0.3, -0.25) is 9.89 Å². The fourth-order valence-electron chi connectivity index (χ4n) is 1.90. The summed E-state index contributed by atoms with van der Waals surface area (Å²) in [6.07, 6.45) is 1.34. The van der Waals surface area contributed by atoms with E-state index in [1.54, 1.807) is 7.05 Å². The molecular weight excluding hydrogens is 286 g/mol. The van der Waals surface area contributed by atoms with Crippen molar-refractivity contribution in [2.75, 3.05) is 12.3 Å². The molecule has 0 aliphatic rings. The number of nitrogens with zero attached hydrogens (tertiary/aromatic N) is 5. The van der Waals surface area contributed by atoms with Crippen molar-refractivity contribution in [3.05, 3.63) is 17.5 Å². The Morgan fingerprint density at radius 1 is 1.45 bits per heavy atom. The Hall–Kier alpha value is -2.55. The second-order valence-corrected chi connectivity index (χ2v) is 5.87. The first kappa shape index (κ1) is 15.8. The minimum atomic E-state index is -0.616. The molecule has 118 valence electrons. The van der Waals surface area contributed by atoms with Crippen molar-refractivity contribution >= 4 is 23.1 Å². The third-order valence-corrected chi connectivity index (χ3v) is 3.07. The van der Waals surface area contributed by atoms with Gasteiger partial charge in [0.25, 0.3) is 0 Å².